The Morgan fingerprint density at radius 3 is 2.80 bits per heavy atom. The molecule has 35 heavy (non-hydrogen) atoms. The molecule has 6 nitrogen and oxygen atoms in total. The number of H-pyrrole nitrogens is 1. The third-order valence-corrected chi connectivity index (χ3v) is 7.56. The second kappa shape index (κ2) is 10.1. The average molecular weight is 491 g/mol. The fourth-order valence-corrected chi connectivity index (χ4v) is 5.94. The molecule has 0 saturated heterocycles. The van der Waals surface area contributed by atoms with Crippen molar-refractivity contribution < 1.29 is 14.2 Å². The lowest BCUT2D eigenvalue weighted by Gasteiger charge is -2.17. The molecular formula is C28H30N2O4S. The van der Waals surface area contributed by atoms with Crippen molar-refractivity contribution in [3.8, 4) is 28.6 Å². The van der Waals surface area contributed by atoms with Crippen LogP contribution in [-0.4, -0.2) is 30.3 Å². The van der Waals surface area contributed by atoms with Crippen molar-refractivity contribution in [2.45, 2.75) is 39.5 Å². The Morgan fingerprint density at radius 1 is 1.11 bits per heavy atom. The molecular weight excluding hydrogens is 460 g/mol. The lowest BCUT2D eigenvalue weighted by molar-refractivity contribution is 0.240. The summed E-state index contributed by atoms with van der Waals surface area (Å²) in [4.78, 5) is 22.9. The molecule has 0 fully saturated rings. The summed E-state index contributed by atoms with van der Waals surface area (Å²) in [5.74, 6) is 3.32. The van der Waals surface area contributed by atoms with E-state index in [1.54, 1.807) is 18.4 Å². The SMILES string of the molecule is COc1cc(-c2nc3sc4c(c3c(=O)[nH]2)CCC(C)C4)ccc1OCCCOc1cccc(C)c1. The Bertz CT molecular complexity index is 1410. The maximum atomic E-state index is 13.0. The molecule has 5 rings (SSSR count). The van der Waals surface area contributed by atoms with Gasteiger partial charge in [-0.2, -0.15) is 0 Å². The molecule has 2 aromatic heterocycles. The summed E-state index contributed by atoms with van der Waals surface area (Å²) in [5, 5.41) is 0.764. The van der Waals surface area contributed by atoms with Crippen LogP contribution in [-0.2, 0) is 12.8 Å². The molecule has 7 heteroatoms. The van der Waals surface area contributed by atoms with Gasteiger partial charge >= 0.3 is 0 Å². The van der Waals surface area contributed by atoms with Crippen molar-refractivity contribution in [3.05, 3.63) is 68.8 Å². The predicted molar refractivity (Wildman–Crippen MR) is 140 cm³/mol. The van der Waals surface area contributed by atoms with Crippen molar-refractivity contribution in [3.63, 3.8) is 0 Å². The highest BCUT2D eigenvalue weighted by molar-refractivity contribution is 7.18. The number of nitrogens with zero attached hydrogens (tertiary/aromatic N) is 1. The van der Waals surface area contributed by atoms with Gasteiger partial charge in [0.1, 0.15) is 16.4 Å². The van der Waals surface area contributed by atoms with Crippen molar-refractivity contribution in [2.24, 2.45) is 5.92 Å². The fraction of sp³-hybridized carbons (Fsp3) is 0.357. The van der Waals surface area contributed by atoms with Gasteiger partial charge in [-0.05, 0) is 73.6 Å². The van der Waals surface area contributed by atoms with Gasteiger partial charge in [-0.15, -0.1) is 11.3 Å². The summed E-state index contributed by atoms with van der Waals surface area (Å²) in [7, 11) is 1.61. The van der Waals surface area contributed by atoms with Crippen LogP contribution < -0.4 is 19.8 Å². The number of fused-ring (bicyclic) bond motifs is 3. The number of methoxy groups -OCH3 is 1. The first-order chi connectivity index (χ1) is 17.0. The zero-order valence-electron chi connectivity index (χ0n) is 20.3. The highest BCUT2D eigenvalue weighted by Crippen LogP contribution is 2.37. The number of hydrogen-bond acceptors (Lipinski definition) is 6. The standard InChI is InChI=1S/C28H30N2O4S/c1-17-6-4-7-20(14-17)33-12-5-13-34-22-11-9-19(16-23(22)32-3)26-29-27(31)25-21-10-8-18(2)15-24(21)35-28(25)30-26/h4,6-7,9,11,14,16,18H,5,8,10,12-13,15H2,1-3H3,(H,29,30,31). The molecule has 0 saturated carbocycles. The normalized spacial score (nSPS) is 15.1. The first-order valence-electron chi connectivity index (χ1n) is 12.1. The van der Waals surface area contributed by atoms with Gasteiger partial charge in [-0.3, -0.25) is 4.79 Å². The van der Waals surface area contributed by atoms with Crippen LogP contribution in [0.2, 0.25) is 0 Å². The molecule has 1 N–H and O–H groups in total. The quantitative estimate of drug-likeness (QED) is 0.309. The second-order valence-corrected chi connectivity index (χ2v) is 10.3. The molecule has 0 bridgehead atoms. The Labute approximate surface area is 208 Å². The lowest BCUT2D eigenvalue weighted by atomic mass is 9.89. The summed E-state index contributed by atoms with van der Waals surface area (Å²) in [5.41, 5.74) is 3.09. The number of aromatic amines is 1. The molecule has 0 radical (unpaired) electrons. The monoisotopic (exact) mass is 490 g/mol. The minimum Gasteiger partial charge on any atom is -0.493 e. The molecule has 1 atom stereocenters. The maximum Gasteiger partial charge on any atom is 0.260 e. The van der Waals surface area contributed by atoms with Gasteiger partial charge in [0.25, 0.3) is 5.56 Å². The molecule has 4 aromatic rings. The van der Waals surface area contributed by atoms with Crippen molar-refractivity contribution in [1.82, 2.24) is 9.97 Å². The van der Waals surface area contributed by atoms with Crippen LogP contribution in [0.3, 0.4) is 0 Å². The van der Waals surface area contributed by atoms with E-state index >= 15 is 0 Å². The van der Waals surface area contributed by atoms with Crippen LogP contribution in [0, 0.1) is 12.8 Å². The minimum absolute atomic E-state index is 0.0649. The van der Waals surface area contributed by atoms with E-state index in [-0.39, 0.29) is 5.56 Å². The van der Waals surface area contributed by atoms with E-state index in [2.05, 4.69) is 11.9 Å². The first kappa shape index (κ1) is 23.4. The topological polar surface area (TPSA) is 73.4 Å². The van der Waals surface area contributed by atoms with E-state index in [0.717, 1.165) is 47.2 Å². The Hall–Kier alpha value is -3.32. The first-order valence-corrected chi connectivity index (χ1v) is 12.9. The number of hydrogen-bond donors (Lipinski definition) is 1. The molecule has 1 aliphatic carbocycles. The molecule has 1 aliphatic rings. The molecule has 2 heterocycles. The lowest BCUT2D eigenvalue weighted by Crippen LogP contribution is -2.13. The number of aromatic nitrogens is 2. The van der Waals surface area contributed by atoms with E-state index in [0.29, 0.717) is 36.5 Å². The number of benzene rings is 2. The molecule has 0 amide bonds. The van der Waals surface area contributed by atoms with E-state index in [1.807, 2.05) is 49.4 Å². The number of thiophene rings is 1. The van der Waals surface area contributed by atoms with Crippen LogP contribution in [0.15, 0.2) is 47.3 Å². The van der Waals surface area contributed by atoms with Crippen LogP contribution in [0.1, 0.15) is 35.8 Å². The van der Waals surface area contributed by atoms with Crippen LogP contribution >= 0.6 is 11.3 Å². The third kappa shape index (κ3) is 5.05. The average Bonchev–Trinajstić information content (AvgIpc) is 3.21. The summed E-state index contributed by atoms with van der Waals surface area (Å²) in [6.07, 6.45) is 3.85. The van der Waals surface area contributed by atoms with Gasteiger partial charge in [-0.1, -0.05) is 19.1 Å². The minimum atomic E-state index is -0.0649. The highest BCUT2D eigenvalue weighted by Gasteiger charge is 2.23. The summed E-state index contributed by atoms with van der Waals surface area (Å²) in [6.45, 7) is 5.38. The van der Waals surface area contributed by atoms with Crippen molar-refractivity contribution in [2.75, 3.05) is 20.3 Å². The van der Waals surface area contributed by atoms with Crippen LogP contribution in [0.4, 0.5) is 0 Å². The zero-order chi connectivity index (χ0) is 24.4. The van der Waals surface area contributed by atoms with Crippen LogP contribution in [0.25, 0.3) is 21.6 Å². The molecule has 2 aromatic carbocycles. The highest BCUT2D eigenvalue weighted by atomic mass is 32.1. The summed E-state index contributed by atoms with van der Waals surface area (Å²) >= 11 is 1.66. The Kier molecular flexibility index (Phi) is 6.77. The van der Waals surface area contributed by atoms with Gasteiger partial charge in [0, 0.05) is 16.9 Å². The molecule has 0 aliphatic heterocycles. The number of rotatable bonds is 8. The van der Waals surface area contributed by atoms with Gasteiger partial charge in [0.05, 0.1) is 25.7 Å². The smallest absolute Gasteiger partial charge is 0.260 e. The third-order valence-electron chi connectivity index (χ3n) is 6.41. The fourth-order valence-electron chi connectivity index (χ4n) is 4.56. The number of ether oxygens (including phenoxy) is 3. The number of aryl methyl sites for hydroxylation is 2. The summed E-state index contributed by atoms with van der Waals surface area (Å²) < 4.78 is 17.3. The number of nitrogens with one attached hydrogen (secondary N) is 1. The molecule has 0 spiro atoms. The van der Waals surface area contributed by atoms with Gasteiger partial charge in [0.2, 0.25) is 0 Å². The predicted octanol–water partition coefficient (Wildman–Crippen LogP) is 5.94. The zero-order valence-corrected chi connectivity index (χ0v) is 21.2. The van der Waals surface area contributed by atoms with E-state index in [4.69, 9.17) is 19.2 Å². The van der Waals surface area contributed by atoms with Crippen molar-refractivity contribution >= 4 is 21.6 Å². The van der Waals surface area contributed by atoms with Gasteiger partial charge in [0.15, 0.2) is 11.5 Å². The Morgan fingerprint density at radius 2 is 1.97 bits per heavy atom. The second-order valence-electron chi connectivity index (χ2n) is 9.18. The van der Waals surface area contributed by atoms with E-state index in [1.165, 1.54) is 16.0 Å². The van der Waals surface area contributed by atoms with E-state index in [9.17, 15) is 4.79 Å². The maximum absolute atomic E-state index is 13.0. The van der Waals surface area contributed by atoms with Crippen molar-refractivity contribution in [1.29, 1.82) is 0 Å². The van der Waals surface area contributed by atoms with Gasteiger partial charge < -0.3 is 19.2 Å². The molecule has 182 valence electrons. The Balaban J connectivity index is 1.28. The largest absolute Gasteiger partial charge is 0.493 e. The summed E-state index contributed by atoms with van der Waals surface area (Å²) in [6, 6.07) is 13.6. The van der Waals surface area contributed by atoms with Crippen LogP contribution in [0.5, 0.6) is 17.2 Å². The molecule has 1 unspecified atom stereocenters. The van der Waals surface area contributed by atoms with Gasteiger partial charge in [-0.25, -0.2) is 4.98 Å². The van der Waals surface area contributed by atoms with E-state index < -0.39 is 0 Å².